The summed E-state index contributed by atoms with van der Waals surface area (Å²) in [7, 11) is 0. The van der Waals surface area contributed by atoms with Gasteiger partial charge in [-0.1, -0.05) is 231 Å². The van der Waals surface area contributed by atoms with Crippen molar-refractivity contribution in [1.82, 2.24) is 0 Å². The van der Waals surface area contributed by atoms with Gasteiger partial charge in [-0.25, -0.2) is 0 Å². The van der Waals surface area contributed by atoms with Gasteiger partial charge < -0.3 is 4.90 Å². The zero-order valence-corrected chi connectivity index (χ0v) is 37.1. The molecule has 12 rings (SSSR count). The summed E-state index contributed by atoms with van der Waals surface area (Å²) in [5.41, 5.74) is 19.3. The van der Waals surface area contributed by atoms with Crippen molar-refractivity contribution in [1.29, 1.82) is 0 Å². The van der Waals surface area contributed by atoms with Gasteiger partial charge >= 0.3 is 0 Å². The highest BCUT2D eigenvalue weighted by Gasteiger charge is 2.25. The van der Waals surface area contributed by atoms with Crippen molar-refractivity contribution in [2.45, 2.75) is 12.3 Å². The van der Waals surface area contributed by atoms with Gasteiger partial charge in [-0.2, -0.15) is 0 Å². The molecular formula is C66H47N. The number of hydrogen-bond donors (Lipinski definition) is 0. The molecule has 0 amide bonds. The Bertz CT molecular complexity index is 3430. The lowest BCUT2D eigenvalue weighted by molar-refractivity contribution is 0.821. The average Bonchev–Trinajstić information content (AvgIpc) is 3.41. The van der Waals surface area contributed by atoms with Gasteiger partial charge in [0.2, 0.25) is 0 Å². The number of rotatable bonds is 9. The zero-order valence-electron chi connectivity index (χ0n) is 37.1. The van der Waals surface area contributed by atoms with Crippen LogP contribution in [0.2, 0.25) is 0 Å². The smallest absolute Gasteiger partial charge is 0.0468 e. The first-order valence-corrected chi connectivity index (χ1v) is 23.4. The largest absolute Gasteiger partial charge is 0.310 e. The molecule has 11 aromatic rings. The highest BCUT2D eigenvalue weighted by molar-refractivity contribution is 6.03. The maximum atomic E-state index is 2.48. The highest BCUT2D eigenvalue weighted by atomic mass is 15.1. The zero-order chi connectivity index (χ0) is 44.5. The van der Waals surface area contributed by atoms with E-state index in [2.05, 4.69) is 272 Å². The number of allylic oxidation sites excluding steroid dienone is 1. The Kier molecular flexibility index (Phi) is 10.4. The topological polar surface area (TPSA) is 3.24 Å². The van der Waals surface area contributed by atoms with E-state index in [-0.39, 0.29) is 5.92 Å². The Morgan fingerprint density at radius 3 is 1.28 bits per heavy atom. The van der Waals surface area contributed by atoms with E-state index in [4.69, 9.17) is 0 Å². The van der Waals surface area contributed by atoms with E-state index in [1.165, 1.54) is 93.9 Å². The fourth-order valence-electron chi connectivity index (χ4n) is 10.5. The molecule has 0 spiro atoms. The molecule has 0 saturated heterocycles. The average molecular weight is 854 g/mol. The Labute approximate surface area is 393 Å². The molecule has 67 heavy (non-hydrogen) atoms. The monoisotopic (exact) mass is 853 g/mol. The third kappa shape index (κ3) is 7.51. The van der Waals surface area contributed by atoms with E-state index < -0.39 is 0 Å². The maximum absolute atomic E-state index is 2.48. The minimum atomic E-state index is 0.230. The van der Waals surface area contributed by atoms with Crippen molar-refractivity contribution in [3.8, 4) is 55.6 Å². The molecule has 0 N–H and O–H groups in total. The molecule has 0 aliphatic heterocycles. The number of benzene rings is 11. The highest BCUT2D eigenvalue weighted by Crippen LogP contribution is 2.48. The number of anilines is 3. The van der Waals surface area contributed by atoms with Gasteiger partial charge in [-0.05, 0) is 137 Å². The van der Waals surface area contributed by atoms with Crippen molar-refractivity contribution in [3.63, 3.8) is 0 Å². The van der Waals surface area contributed by atoms with Crippen LogP contribution < -0.4 is 4.90 Å². The van der Waals surface area contributed by atoms with Crippen molar-refractivity contribution >= 4 is 44.7 Å². The first kappa shape index (κ1) is 40.0. The first-order valence-electron chi connectivity index (χ1n) is 23.4. The lowest BCUT2D eigenvalue weighted by Gasteiger charge is -2.30. The second-order valence-corrected chi connectivity index (χ2v) is 17.5. The molecule has 1 unspecified atom stereocenters. The van der Waals surface area contributed by atoms with Crippen molar-refractivity contribution in [2.75, 3.05) is 4.90 Å². The fourth-order valence-corrected chi connectivity index (χ4v) is 10.5. The van der Waals surface area contributed by atoms with Gasteiger partial charge in [0.15, 0.2) is 0 Å². The molecule has 1 aliphatic carbocycles. The minimum Gasteiger partial charge on any atom is -0.310 e. The lowest BCUT2D eigenvalue weighted by atomic mass is 9.79. The van der Waals surface area contributed by atoms with E-state index in [9.17, 15) is 0 Å². The molecule has 11 aromatic carbocycles. The summed E-state index contributed by atoms with van der Waals surface area (Å²) in [5, 5.41) is 4.94. The maximum Gasteiger partial charge on any atom is 0.0468 e. The third-order valence-electron chi connectivity index (χ3n) is 13.6. The third-order valence-corrected chi connectivity index (χ3v) is 13.6. The van der Waals surface area contributed by atoms with Crippen LogP contribution in [-0.2, 0) is 0 Å². The fraction of sp³-hybridized carbons (Fsp3) is 0.0303. The van der Waals surface area contributed by atoms with Crippen LogP contribution in [0.3, 0.4) is 0 Å². The van der Waals surface area contributed by atoms with Crippen LogP contribution in [0.4, 0.5) is 17.1 Å². The van der Waals surface area contributed by atoms with Crippen LogP contribution >= 0.6 is 0 Å². The SMILES string of the molecule is C1=Cc2ccccc2C(c2ccc(N(c3ccc(-c4cccc5ccccc45)c(-c4ccccc4)c3)c3ccc(-c4cccc5ccccc45)c(-c4ccccc4)c3)cc2-c2ccccc2)C1. The summed E-state index contributed by atoms with van der Waals surface area (Å²) in [4.78, 5) is 2.48. The Morgan fingerprint density at radius 2 is 0.731 bits per heavy atom. The Balaban J connectivity index is 1.12. The summed E-state index contributed by atoms with van der Waals surface area (Å²) in [5.74, 6) is 0.230. The van der Waals surface area contributed by atoms with Crippen molar-refractivity contribution in [2.24, 2.45) is 0 Å². The second kappa shape index (κ2) is 17.5. The number of nitrogens with zero attached hydrogens (tertiary/aromatic N) is 1. The normalized spacial score (nSPS) is 13.1. The molecule has 0 fully saturated rings. The molecule has 1 heteroatoms. The summed E-state index contributed by atoms with van der Waals surface area (Å²) in [6.45, 7) is 0. The minimum absolute atomic E-state index is 0.230. The van der Waals surface area contributed by atoms with Gasteiger partial charge in [0.1, 0.15) is 0 Å². The van der Waals surface area contributed by atoms with E-state index in [1.54, 1.807) is 0 Å². The molecule has 0 bridgehead atoms. The summed E-state index contributed by atoms with van der Waals surface area (Å²) < 4.78 is 0. The van der Waals surface area contributed by atoms with Gasteiger partial charge in [0.25, 0.3) is 0 Å². The predicted molar refractivity (Wildman–Crippen MR) is 285 cm³/mol. The van der Waals surface area contributed by atoms with Crippen molar-refractivity contribution < 1.29 is 0 Å². The molecule has 0 heterocycles. The summed E-state index contributed by atoms with van der Waals surface area (Å²) >= 11 is 0. The van der Waals surface area contributed by atoms with E-state index in [0.717, 1.165) is 23.5 Å². The Hall–Kier alpha value is -8.52. The molecule has 0 aromatic heterocycles. The second-order valence-electron chi connectivity index (χ2n) is 17.5. The quantitative estimate of drug-likeness (QED) is 0.140. The molecular weight excluding hydrogens is 807 g/mol. The Morgan fingerprint density at radius 1 is 0.299 bits per heavy atom. The van der Waals surface area contributed by atoms with E-state index in [1.807, 2.05) is 0 Å². The number of fused-ring (bicyclic) bond motifs is 3. The van der Waals surface area contributed by atoms with Crippen LogP contribution in [0.1, 0.15) is 29.0 Å². The van der Waals surface area contributed by atoms with Crippen LogP contribution in [0.25, 0.3) is 83.3 Å². The van der Waals surface area contributed by atoms with Crippen LogP contribution in [0, 0.1) is 0 Å². The molecule has 1 atom stereocenters. The molecule has 0 radical (unpaired) electrons. The van der Waals surface area contributed by atoms with Gasteiger partial charge in [-0.15, -0.1) is 0 Å². The number of hydrogen-bond acceptors (Lipinski definition) is 1. The van der Waals surface area contributed by atoms with Gasteiger partial charge in [0.05, 0.1) is 0 Å². The predicted octanol–water partition coefficient (Wildman–Crippen LogP) is 18.3. The molecule has 0 saturated carbocycles. The van der Waals surface area contributed by atoms with Crippen LogP contribution in [-0.4, -0.2) is 0 Å². The van der Waals surface area contributed by atoms with Gasteiger partial charge in [-0.3, -0.25) is 0 Å². The first-order chi connectivity index (χ1) is 33.2. The standard InChI is InChI=1S/C66H47N/c1-4-19-49(20-5-1)64-43-52(37-40-61(64)58-34-16-28-46-25-10-13-31-55(46)58)67(53-38-41-62(65(44-53)50-21-6-2-7-22-50)59-35-17-29-47-26-11-14-32-56(47)59)54-39-42-63(66(45-54)51-23-8-3-9-24-51)60-36-18-30-48-27-12-15-33-57(48)60/h1-35,37-45,60H,36H2. The summed E-state index contributed by atoms with van der Waals surface area (Å²) in [6, 6.07) is 93.7. The summed E-state index contributed by atoms with van der Waals surface area (Å²) in [6.07, 6.45) is 5.57. The van der Waals surface area contributed by atoms with E-state index in [0.29, 0.717) is 0 Å². The molecule has 1 aliphatic rings. The lowest BCUT2D eigenvalue weighted by Crippen LogP contribution is -2.12. The van der Waals surface area contributed by atoms with Crippen molar-refractivity contribution in [3.05, 3.63) is 278 Å². The van der Waals surface area contributed by atoms with Crippen LogP contribution in [0.15, 0.2) is 261 Å². The molecule has 316 valence electrons. The van der Waals surface area contributed by atoms with E-state index >= 15 is 0 Å². The van der Waals surface area contributed by atoms with Gasteiger partial charge in [0, 0.05) is 23.0 Å². The molecule has 1 nitrogen and oxygen atoms in total. The van der Waals surface area contributed by atoms with Crippen LogP contribution in [0.5, 0.6) is 0 Å².